The maximum absolute atomic E-state index is 13.3. The molecule has 21 heavy (non-hydrogen) atoms. The van der Waals surface area contributed by atoms with E-state index in [1.54, 1.807) is 13.8 Å². The number of sulfonamides is 1. The van der Waals surface area contributed by atoms with Crippen LogP contribution in [0.1, 0.15) is 24.5 Å². The zero-order valence-corrected chi connectivity index (χ0v) is 13.6. The summed E-state index contributed by atoms with van der Waals surface area (Å²) in [7, 11) is -3.60. The molecule has 6 heteroatoms. The number of halogens is 1. The molecule has 1 fully saturated rings. The fourth-order valence-electron chi connectivity index (χ4n) is 2.98. The molecule has 2 rings (SSSR count). The highest BCUT2D eigenvalue weighted by Gasteiger charge is 2.25. The van der Waals surface area contributed by atoms with Crippen LogP contribution in [0.4, 0.5) is 4.39 Å². The van der Waals surface area contributed by atoms with Crippen LogP contribution in [0.5, 0.6) is 0 Å². The monoisotopic (exact) mass is 314 g/mol. The van der Waals surface area contributed by atoms with Crippen molar-refractivity contribution in [3.05, 3.63) is 29.1 Å². The first-order chi connectivity index (χ1) is 9.81. The van der Waals surface area contributed by atoms with Crippen molar-refractivity contribution in [1.82, 2.24) is 10.0 Å². The summed E-state index contributed by atoms with van der Waals surface area (Å²) in [5.41, 5.74) is 0.886. The lowest BCUT2D eigenvalue weighted by molar-refractivity contribution is 0.274. The molecule has 2 N–H and O–H groups in total. The van der Waals surface area contributed by atoms with E-state index in [0.29, 0.717) is 29.5 Å². The van der Waals surface area contributed by atoms with Crippen molar-refractivity contribution in [2.75, 3.05) is 19.6 Å². The van der Waals surface area contributed by atoms with E-state index >= 15 is 0 Å². The Kier molecular flexibility index (Phi) is 5.01. The number of hydrogen-bond donors (Lipinski definition) is 2. The summed E-state index contributed by atoms with van der Waals surface area (Å²) in [5.74, 6) is 0.370. The van der Waals surface area contributed by atoms with E-state index in [1.807, 2.05) is 0 Å². The van der Waals surface area contributed by atoms with E-state index in [4.69, 9.17) is 0 Å². The Morgan fingerprint density at radius 1 is 1.33 bits per heavy atom. The maximum Gasteiger partial charge on any atom is 0.241 e. The zero-order valence-electron chi connectivity index (χ0n) is 12.7. The first-order valence-corrected chi connectivity index (χ1v) is 8.76. The molecule has 2 atom stereocenters. The van der Waals surface area contributed by atoms with Crippen LogP contribution in [0.3, 0.4) is 0 Å². The lowest BCUT2D eigenvalue weighted by Gasteiger charge is -2.29. The van der Waals surface area contributed by atoms with Crippen LogP contribution in [0, 0.1) is 31.5 Å². The van der Waals surface area contributed by atoms with Crippen LogP contribution >= 0.6 is 0 Å². The molecule has 1 heterocycles. The molecule has 0 spiro atoms. The standard InChI is InChI=1S/C15H23FN2O2S/c1-10-6-14(16)7-11(2)15(10)21(19,20)18-9-13-4-5-17-8-12(13)3/h6-7,12-13,17-18H,4-5,8-9H2,1-3H3. The van der Waals surface area contributed by atoms with Gasteiger partial charge in [-0.1, -0.05) is 6.92 Å². The van der Waals surface area contributed by atoms with E-state index in [9.17, 15) is 12.8 Å². The molecular weight excluding hydrogens is 291 g/mol. The topological polar surface area (TPSA) is 58.2 Å². The van der Waals surface area contributed by atoms with Crippen molar-refractivity contribution < 1.29 is 12.8 Å². The minimum atomic E-state index is -3.60. The van der Waals surface area contributed by atoms with E-state index < -0.39 is 15.8 Å². The van der Waals surface area contributed by atoms with Crippen molar-refractivity contribution in [3.63, 3.8) is 0 Å². The fraction of sp³-hybridized carbons (Fsp3) is 0.600. The summed E-state index contributed by atoms with van der Waals surface area (Å²) in [4.78, 5) is 0.200. The molecular formula is C15H23FN2O2S. The van der Waals surface area contributed by atoms with E-state index in [0.717, 1.165) is 19.5 Å². The number of benzene rings is 1. The van der Waals surface area contributed by atoms with Gasteiger partial charge in [0.25, 0.3) is 0 Å². The van der Waals surface area contributed by atoms with Gasteiger partial charge in [-0.25, -0.2) is 17.5 Å². The minimum Gasteiger partial charge on any atom is -0.316 e. The summed E-state index contributed by atoms with van der Waals surface area (Å²) in [6.45, 7) is 7.64. The smallest absolute Gasteiger partial charge is 0.241 e. The van der Waals surface area contributed by atoms with Gasteiger partial charge < -0.3 is 5.32 Å². The zero-order chi connectivity index (χ0) is 15.6. The predicted molar refractivity (Wildman–Crippen MR) is 81.2 cm³/mol. The van der Waals surface area contributed by atoms with Gasteiger partial charge >= 0.3 is 0 Å². The van der Waals surface area contributed by atoms with Crippen molar-refractivity contribution in [3.8, 4) is 0 Å². The quantitative estimate of drug-likeness (QED) is 0.893. The molecule has 0 radical (unpaired) electrons. The van der Waals surface area contributed by atoms with E-state index in [-0.39, 0.29) is 4.90 Å². The molecule has 0 saturated carbocycles. The lowest BCUT2D eigenvalue weighted by Crippen LogP contribution is -2.41. The summed E-state index contributed by atoms with van der Waals surface area (Å²) >= 11 is 0. The lowest BCUT2D eigenvalue weighted by atomic mass is 9.88. The van der Waals surface area contributed by atoms with Gasteiger partial charge in [-0.3, -0.25) is 0 Å². The van der Waals surface area contributed by atoms with Gasteiger partial charge in [0, 0.05) is 6.54 Å². The van der Waals surface area contributed by atoms with Gasteiger partial charge in [0.1, 0.15) is 5.82 Å². The van der Waals surface area contributed by atoms with Crippen molar-refractivity contribution >= 4 is 10.0 Å². The van der Waals surface area contributed by atoms with Crippen LogP contribution in [-0.4, -0.2) is 28.1 Å². The number of rotatable bonds is 4. The highest BCUT2D eigenvalue weighted by atomic mass is 32.2. The van der Waals surface area contributed by atoms with E-state index in [2.05, 4.69) is 17.0 Å². The van der Waals surface area contributed by atoms with Gasteiger partial charge in [-0.05, 0) is 68.5 Å². The van der Waals surface area contributed by atoms with E-state index in [1.165, 1.54) is 12.1 Å². The Morgan fingerprint density at radius 3 is 2.52 bits per heavy atom. The van der Waals surface area contributed by atoms with Gasteiger partial charge in [0.15, 0.2) is 0 Å². The Bertz CT molecular complexity index is 593. The summed E-state index contributed by atoms with van der Waals surface area (Å²) in [6, 6.07) is 2.52. The van der Waals surface area contributed by atoms with Crippen LogP contribution in [0.15, 0.2) is 17.0 Å². The van der Waals surface area contributed by atoms with Crippen LogP contribution < -0.4 is 10.0 Å². The second-order valence-electron chi connectivity index (χ2n) is 5.95. The minimum absolute atomic E-state index is 0.200. The molecule has 2 unspecified atom stereocenters. The number of hydrogen-bond acceptors (Lipinski definition) is 3. The van der Waals surface area contributed by atoms with Crippen LogP contribution in [0.2, 0.25) is 0 Å². The Balaban J connectivity index is 2.15. The molecule has 1 aliphatic rings. The largest absolute Gasteiger partial charge is 0.316 e. The second kappa shape index (κ2) is 6.42. The molecule has 118 valence electrons. The third-order valence-corrected chi connectivity index (χ3v) is 5.92. The molecule has 0 amide bonds. The van der Waals surface area contributed by atoms with Crippen molar-refractivity contribution in [2.45, 2.75) is 32.1 Å². The second-order valence-corrected chi connectivity index (χ2v) is 7.65. The summed E-state index contributed by atoms with van der Waals surface area (Å²) in [6.07, 6.45) is 0.963. The average Bonchev–Trinajstić information content (AvgIpc) is 2.36. The SMILES string of the molecule is Cc1cc(F)cc(C)c1S(=O)(=O)NCC1CCNCC1C. The normalized spacial score (nSPS) is 23.2. The van der Waals surface area contributed by atoms with Gasteiger partial charge in [-0.15, -0.1) is 0 Å². The molecule has 0 aromatic heterocycles. The van der Waals surface area contributed by atoms with Crippen LogP contribution in [0.25, 0.3) is 0 Å². The number of aryl methyl sites for hydroxylation is 2. The Hall–Kier alpha value is -0.980. The number of nitrogens with one attached hydrogen (secondary N) is 2. The predicted octanol–water partition coefficient (Wildman–Crippen LogP) is 1.97. The molecule has 4 nitrogen and oxygen atoms in total. The van der Waals surface area contributed by atoms with Gasteiger partial charge in [-0.2, -0.15) is 0 Å². The van der Waals surface area contributed by atoms with Crippen molar-refractivity contribution in [2.24, 2.45) is 11.8 Å². The third kappa shape index (κ3) is 3.81. The highest BCUT2D eigenvalue weighted by Crippen LogP contribution is 2.23. The molecule has 1 aliphatic heterocycles. The number of piperidine rings is 1. The molecule has 1 saturated heterocycles. The third-order valence-electron chi connectivity index (χ3n) is 4.19. The Morgan fingerprint density at radius 2 is 1.95 bits per heavy atom. The molecule has 0 bridgehead atoms. The first kappa shape index (κ1) is 16.4. The summed E-state index contributed by atoms with van der Waals surface area (Å²) < 4.78 is 41.0. The Labute approximate surface area is 126 Å². The molecule has 1 aromatic carbocycles. The van der Waals surface area contributed by atoms with Gasteiger partial charge in [0.2, 0.25) is 10.0 Å². The van der Waals surface area contributed by atoms with Crippen LogP contribution in [-0.2, 0) is 10.0 Å². The van der Waals surface area contributed by atoms with Crippen molar-refractivity contribution in [1.29, 1.82) is 0 Å². The first-order valence-electron chi connectivity index (χ1n) is 7.28. The maximum atomic E-state index is 13.3. The fourth-order valence-corrected chi connectivity index (χ4v) is 4.53. The molecule has 0 aliphatic carbocycles. The average molecular weight is 314 g/mol. The molecule has 1 aromatic rings. The summed E-state index contributed by atoms with van der Waals surface area (Å²) in [5, 5.41) is 3.30. The van der Waals surface area contributed by atoms with Gasteiger partial charge in [0.05, 0.1) is 4.90 Å². The highest BCUT2D eigenvalue weighted by molar-refractivity contribution is 7.89.